The summed E-state index contributed by atoms with van der Waals surface area (Å²) in [6.45, 7) is 1.83. The normalized spacial score (nSPS) is 21.4. The van der Waals surface area contributed by atoms with Gasteiger partial charge in [-0.15, -0.1) is 11.3 Å². The van der Waals surface area contributed by atoms with E-state index in [0.29, 0.717) is 5.92 Å². The molecule has 0 bridgehead atoms. The van der Waals surface area contributed by atoms with Gasteiger partial charge < -0.3 is 4.90 Å². The van der Waals surface area contributed by atoms with Gasteiger partial charge in [0.25, 0.3) is 0 Å². The molecule has 2 aliphatic heterocycles. The van der Waals surface area contributed by atoms with Crippen molar-refractivity contribution in [2.24, 2.45) is 10.9 Å². The number of rotatable bonds is 2. The van der Waals surface area contributed by atoms with Crippen LogP contribution in [0.15, 0.2) is 33.5 Å². The Hall–Kier alpha value is -1.33. The molecule has 0 saturated heterocycles. The first-order valence-corrected chi connectivity index (χ1v) is 8.92. The van der Waals surface area contributed by atoms with E-state index in [1.54, 1.807) is 17.4 Å². The van der Waals surface area contributed by atoms with Gasteiger partial charge in [0.1, 0.15) is 5.82 Å². The van der Waals surface area contributed by atoms with E-state index in [0.717, 1.165) is 28.3 Å². The lowest BCUT2D eigenvalue weighted by Gasteiger charge is -2.18. The smallest absolute Gasteiger partial charge is 0.168 e. The van der Waals surface area contributed by atoms with Crippen LogP contribution in [0.25, 0.3) is 15.8 Å². The number of nitrogens with zero attached hydrogens (tertiary/aromatic N) is 2. The van der Waals surface area contributed by atoms with Crippen molar-refractivity contribution in [2.45, 2.75) is 12.8 Å². The van der Waals surface area contributed by atoms with Gasteiger partial charge in [0.2, 0.25) is 0 Å². The summed E-state index contributed by atoms with van der Waals surface area (Å²) in [6.07, 6.45) is 2.56. The van der Waals surface area contributed by atoms with E-state index in [-0.39, 0.29) is 5.82 Å². The average molecular weight is 316 g/mol. The molecule has 1 fully saturated rings. The topological polar surface area (TPSA) is 15.6 Å². The Bertz CT molecular complexity index is 817. The lowest BCUT2D eigenvalue weighted by Crippen LogP contribution is -2.20. The number of hydrogen-bond donors (Lipinski definition) is 0. The van der Waals surface area contributed by atoms with Crippen LogP contribution in [0.2, 0.25) is 0 Å². The molecule has 2 aromatic rings. The van der Waals surface area contributed by atoms with Gasteiger partial charge in [0.05, 0.1) is 12.2 Å². The molecular weight excluding hydrogens is 303 g/mol. The molecule has 1 aromatic heterocycles. The maximum absolute atomic E-state index is 14.0. The zero-order valence-corrected chi connectivity index (χ0v) is 12.9. The molecule has 5 rings (SSSR count). The van der Waals surface area contributed by atoms with Gasteiger partial charge in [-0.1, -0.05) is 11.8 Å². The zero-order valence-electron chi connectivity index (χ0n) is 11.3. The molecule has 0 N–H and O–H groups in total. The van der Waals surface area contributed by atoms with Crippen molar-refractivity contribution in [3.8, 4) is 0 Å². The number of allylic oxidation sites excluding steroid dienone is 1. The fourth-order valence-electron chi connectivity index (χ4n) is 3.12. The van der Waals surface area contributed by atoms with Crippen LogP contribution >= 0.6 is 23.1 Å². The summed E-state index contributed by atoms with van der Waals surface area (Å²) < 4.78 is 15.0. The first-order valence-electron chi connectivity index (χ1n) is 7.23. The molecule has 106 valence electrons. The van der Waals surface area contributed by atoms with Crippen LogP contribution < -0.4 is 0 Å². The van der Waals surface area contributed by atoms with Crippen LogP contribution in [-0.2, 0) is 0 Å². The molecule has 0 atom stereocenters. The predicted molar refractivity (Wildman–Crippen MR) is 88.0 cm³/mol. The second kappa shape index (κ2) is 4.34. The van der Waals surface area contributed by atoms with E-state index >= 15 is 0 Å². The van der Waals surface area contributed by atoms with Gasteiger partial charge in [-0.3, -0.25) is 4.99 Å². The minimum absolute atomic E-state index is 0.121. The number of benzene rings is 1. The van der Waals surface area contributed by atoms with Crippen molar-refractivity contribution in [3.63, 3.8) is 0 Å². The summed E-state index contributed by atoms with van der Waals surface area (Å²) in [4.78, 5) is 8.40. The highest BCUT2D eigenvalue weighted by atomic mass is 32.2. The minimum Gasteiger partial charge on any atom is -0.318 e. The molecule has 2 nitrogen and oxygen atoms in total. The van der Waals surface area contributed by atoms with E-state index in [1.165, 1.54) is 29.0 Å². The van der Waals surface area contributed by atoms with Crippen LogP contribution in [0.1, 0.15) is 18.4 Å². The third kappa shape index (κ3) is 1.74. The Labute approximate surface area is 130 Å². The Morgan fingerprint density at radius 2 is 2.14 bits per heavy atom. The number of amidine groups is 1. The SMILES string of the molecule is Fc1ccc(C2=C(C3CC3)SC3=NCCN32)c2sccc12. The summed E-state index contributed by atoms with van der Waals surface area (Å²) in [5, 5.41) is 3.87. The van der Waals surface area contributed by atoms with Crippen LogP contribution in [0.4, 0.5) is 4.39 Å². The molecular formula is C16H13FN2S2. The van der Waals surface area contributed by atoms with Gasteiger partial charge in [0.15, 0.2) is 5.17 Å². The Kier molecular flexibility index (Phi) is 2.53. The van der Waals surface area contributed by atoms with Crippen molar-refractivity contribution >= 4 is 44.0 Å². The van der Waals surface area contributed by atoms with E-state index in [1.807, 2.05) is 29.3 Å². The van der Waals surface area contributed by atoms with E-state index in [4.69, 9.17) is 0 Å². The van der Waals surface area contributed by atoms with Gasteiger partial charge in [0, 0.05) is 27.1 Å². The summed E-state index contributed by atoms with van der Waals surface area (Å²) in [5.41, 5.74) is 2.48. The van der Waals surface area contributed by atoms with Crippen molar-refractivity contribution in [3.05, 3.63) is 39.9 Å². The van der Waals surface area contributed by atoms with Gasteiger partial charge in [-0.25, -0.2) is 4.39 Å². The molecule has 1 saturated carbocycles. The standard InChI is InChI=1S/C16H13FN2S2/c17-12-4-3-11(15-10(12)5-8-20-15)13-14(9-1-2-9)21-16-18-6-7-19(13)16/h3-5,8-9H,1-2,6-7H2. The maximum atomic E-state index is 14.0. The molecule has 0 unspecified atom stereocenters. The molecule has 5 heteroatoms. The number of aliphatic imine (C=N–C) groups is 1. The van der Waals surface area contributed by atoms with Crippen molar-refractivity contribution in [1.29, 1.82) is 0 Å². The number of hydrogen-bond acceptors (Lipinski definition) is 4. The first kappa shape index (κ1) is 12.2. The lowest BCUT2D eigenvalue weighted by molar-refractivity contribution is 0.637. The van der Waals surface area contributed by atoms with Gasteiger partial charge >= 0.3 is 0 Å². The molecule has 1 aliphatic carbocycles. The van der Waals surface area contributed by atoms with Crippen LogP contribution in [0, 0.1) is 11.7 Å². The Balaban J connectivity index is 1.76. The van der Waals surface area contributed by atoms with Crippen molar-refractivity contribution in [1.82, 2.24) is 4.90 Å². The minimum atomic E-state index is -0.121. The summed E-state index contributed by atoms with van der Waals surface area (Å²) in [7, 11) is 0. The van der Waals surface area contributed by atoms with Crippen LogP contribution in [-0.4, -0.2) is 23.2 Å². The quantitative estimate of drug-likeness (QED) is 0.808. The molecule has 3 aliphatic rings. The second-order valence-electron chi connectivity index (χ2n) is 5.66. The molecule has 0 amide bonds. The monoisotopic (exact) mass is 316 g/mol. The summed E-state index contributed by atoms with van der Waals surface area (Å²) >= 11 is 3.47. The number of thioether (sulfide) groups is 1. The van der Waals surface area contributed by atoms with Crippen LogP contribution in [0.5, 0.6) is 0 Å². The largest absolute Gasteiger partial charge is 0.318 e. The summed E-state index contributed by atoms with van der Waals surface area (Å²) in [6, 6.07) is 5.45. The highest BCUT2D eigenvalue weighted by Gasteiger charge is 2.40. The average Bonchev–Trinajstić information content (AvgIpc) is 2.90. The summed E-state index contributed by atoms with van der Waals surface area (Å²) in [5.74, 6) is 0.572. The number of thiophene rings is 1. The molecule has 3 heterocycles. The molecule has 21 heavy (non-hydrogen) atoms. The van der Waals surface area contributed by atoms with E-state index < -0.39 is 0 Å². The number of fused-ring (bicyclic) bond motifs is 2. The number of halogens is 1. The van der Waals surface area contributed by atoms with Crippen molar-refractivity contribution < 1.29 is 4.39 Å². The van der Waals surface area contributed by atoms with E-state index in [9.17, 15) is 4.39 Å². The van der Waals surface area contributed by atoms with Gasteiger partial charge in [-0.05, 0) is 42.3 Å². The Morgan fingerprint density at radius 3 is 3.00 bits per heavy atom. The second-order valence-corrected chi connectivity index (χ2v) is 7.59. The predicted octanol–water partition coefficient (Wildman–Crippen LogP) is 4.54. The molecule has 1 aromatic carbocycles. The fourth-order valence-corrected chi connectivity index (χ4v) is 5.40. The van der Waals surface area contributed by atoms with Crippen molar-refractivity contribution in [2.75, 3.05) is 13.1 Å². The zero-order chi connectivity index (χ0) is 14.0. The third-order valence-corrected chi connectivity index (χ3v) is 6.50. The lowest BCUT2D eigenvalue weighted by atomic mass is 10.1. The molecule has 0 radical (unpaired) electrons. The van der Waals surface area contributed by atoms with E-state index in [2.05, 4.69) is 9.89 Å². The first-order chi connectivity index (χ1) is 10.3. The fraction of sp³-hybridized carbons (Fsp3) is 0.312. The molecule has 0 spiro atoms. The highest BCUT2D eigenvalue weighted by molar-refractivity contribution is 8.17. The Morgan fingerprint density at radius 1 is 1.24 bits per heavy atom. The maximum Gasteiger partial charge on any atom is 0.168 e. The highest BCUT2D eigenvalue weighted by Crippen LogP contribution is 2.53. The van der Waals surface area contributed by atoms with Gasteiger partial charge in [-0.2, -0.15) is 0 Å². The third-order valence-electron chi connectivity index (χ3n) is 4.27. The van der Waals surface area contributed by atoms with Crippen LogP contribution in [0.3, 0.4) is 0 Å².